The predicted octanol–water partition coefficient (Wildman–Crippen LogP) is 2.46. The van der Waals surface area contributed by atoms with Crippen molar-refractivity contribution in [3.63, 3.8) is 0 Å². The third kappa shape index (κ3) is 3.94. The molecule has 0 atom stereocenters. The molecule has 5 nitrogen and oxygen atoms in total. The van der Waals surface area contributed by atoms with E-state index in [4.69, 9.17) is 0 Å². The highest BCUT2D eigenvalue weighted by molar-refractivity contribution is 5.80. The summed E-state index contributed by atoms with van der Waals surface area (Å²) < 4.78 is 0. The monoisotopic (exact) mass is 236 g/mol. The zero-order valence-electron chi connectivity index (χ0n) is 10.3. The van der Waals surface area contributed by atoms with E-state index in [-0.39, 0.29) is 17.9 Å². The van der Waals surface area contributed by atoms with E-state index in [2.05, 4.69) is 4.98 Å². The minimum Gasteiger partial charge on any atom is -0.299 e. The number of carbonyl (C=O) groups is 1. The lowest BCUT2D eigenvalue weighted by Gasteiger charge is -2.04. The molecule has 92 valence electrons. The van der Waals surface area contributed by atoms with E-state index in [0.29, 0.717) is 23.6 Å². The molecule has 0 aromatic carbocycles. The lowest BCUT2D eigenvalue weighted by molar-refractivity contribution is -0.385. The van der Waals surface area contributed by atoms with Crippen LogP contribution >= 0.6 is 0 Å². The molecule has 0 aliphatic carbocycles. The molecule has 1 rings (SSSR count). The Hall–Kier alpha value is -1.78. The van der Waals surface area contributed by atoms with Crippen LogP contribution in [0.2, 0.25) is 0 Å². The summed E-state index contributed by atoms with van der Waals surface area (Å²) in [6.07, 6.45) is 2.08. The second-order valence-electron chi connectivity index (χ2n) is 4.53. The van der Waals surface area contributed by atoms with E-state index in [0.717, 1.165) is 0 Å². The van der Waals surface area contributed by atoms with E-state index in [1.165, 1.54) is 12.3 Å². The molecule has 0 fully saturated rings. The first-order chi connectivity index (χ1) is 7.90. The largest absolute Gasteiger partial charge is 0.299 e. The molecular formula is C12H16N2O3. The van der Waals surface area contributed by atoms with Crippen molar-refractivity contribution in [3.05, 3.63) is 33.6 Å². The minimum atomic E-state index is -0.451. The van der Waals surface area contributed by atoms with Crippen molar-refractivity contribution >= 4 is 11.5 Å². The highest BCUT2D eigenvalue weighted by atomic mass is 16.6. The fourth-order valence-corrected chi connectivity index (χ4v) is 1.58. The van der Waals surface area contributed by atoms with Gasteiger partial charge in [-0.3, -0.25) is 19.9 Å². The van der Waals surface area contributed by atoms with Gasteiger partial charge in [0.1, 0.15) is 5.78 Å². The fourth-order valence-electron chi connectivity index (χ4n) is 1.58. The SMILES string of the molecule is Cc1cnc(CC(=O)CC(C)C)cc1[N+](=O)[O-]. The molecule has 5 heteroatoms. The van der Waals surface area contributed by atoms with Crippen molar-refractivity contribution in [2.45, 2.75) is 33.6 Å². The van der Waals surface area contributed by atoms with Gasteiger partial charge in [0.05, 0.1) is 10.6 Å². The van der Waals surface area contributed by atoms with Crippen molar-refractivity contribution in [2.75, 3.05) is 0 Å². The maximum atomic E-state index is 11.6. The van der Waals surface area contributed by atoms with Crippen molar-refractivity contribution in [1.82, 2.24) is 4.98 Å². The Morgan fingerprint density at radius 3 is 2.71 bits per heavy atom. The summed E-state index contributed by atoms with van der Waals surface area (Å²) in [6.45, 7) is 5.55. The standard InChI is InChI=1S/C12H16N2O3/c1-8(2)4-11(15)5-10-6-12(14(16)17)9(3)7-13-10/h6-8H,4-5H2,1-3H3. The molecule has 0 saturated heterocycles. The van der Waals surface area contributed by atoms with Gasteiger partial charge in [-0.2, -0.15) is 0 Å². The Morgan fingerprint density at radius 2 is 2.18 bits per heavy atom. The number of Topliss-reactive ketones (excluding diaryl/α,β-unsaturated/α-hetero) is 1. The van der Waals surface area contributed by atoms with Crippen molar-refractivity contribution in [2.24, 2.45) is 5.92 Å². The average molecular weight is 236 g/mol. The van der Waals surface area contributed by atoms with Crippen molar-refractivity contribution in [3.8, 4) is 0 Å². The maximum absolute atomic E-state index is 11.6. The molecule has 0 unspecified atom stereocenters. The maximum Gasteiger partial charge on any atom is 0.275 e. The van der Waals surface area contributed by atoms with Gasteiger partial charge in [-0.1, -0.05) is 13.8 Å². The third-order valence-corrected chi connectivity index (χ3v) is 2.34. The molecule has 0 saturated carbocycles. The van der Waals surface area contributed by atoms with Gasteiger partial charge in [0, 0.05) is 30.7 Å². The van der Waals surface area contributed by atoms with Crippen LogP contribution in [0.3, 0.4) is 0 Å². The summed E-state index contributed by atoms with van der Waals surface area (Å²) in [7, 11) is 0. The number of hydrogen-bond acceptors (Lipinski definition) is 4. The Balaban J connectivity index is 2.82. The second kappa shape index (κ2) is 5.52. The van der Waals surface area contributed by atoms with E-state index in [1.807, 2.05) is 13.8 Å². The van der Waals surface area contributed by atoms with Crippen LogP contribution in [0.15, 0.2) is 12.3 Å². The van der Waals surface area contributed by atoms with Crippen LogP contribution in [0.1, 0.15) is 31.5 Å². The van der Waals surface area contributed by atoms with Crippen LogP contribution in [0.25, 0.3) is 0 Å². The average Bonchev–Trinajstić information content (AvgIpc) is 2.19. The summed E-state index contributed by atoms with van der Waals surface area (Å²) in [5, 5.41) is 10.7. The zero-order chi connectivity index (χ0) is 13.0. The van der Waals surface area contributed by atoms with E-state index in [1.54, 1.807) is 6.92 Å². The van der Waals surface area contributed by atoms with E-state index < -0.39 is 4.92 Å². The Labute approximate surface area is 100 Å². The minimum absolute atomic E-state index is 0.0207. The molecule has 0 spiro atoms. The molecule has 1 aromatic rings. The zero-order valence-corrected chi connectivity index (χ0v) is 10.3. The Bertz CT molecular complexity index is 441. The van der Waals surface area contributed by atoms with Crippen LogP contribution in [-0.4, -0.2) is 15.7 Å². The van der Waals surface area contributed by atoms with Crippen LogP contribution in [0.4, 0.5) is 5.69 Å². The first kappa shape index (κ1) is 13.3. The van der Waals surface area contributed by atoms with Crippen LogP contribution in [0, 0.1) is 23.0 Å². The van der Waals surface area contributed by atoms with Gasteiger partial charge >= 0.3 is 0 Å². The molecule has 0 aliphatic heterocycles. The summed E-state index contributed by atoms with van der Waals surface area (Å²) in [4.78, 5) is 25.9. The summed E-state index contributed by atoms with van der Waals surface area (Å²) in [5.74, 6) is 0.355. The van der Waals surface area contributed by atoms with E-state index >= 15 is 0 Å². The fraction of sp³-hybridized carbons (Fsp3) is 0.500. The summed E-state index contributed by atoms with van der Waals surface area (Å²) >= 11 is 0. The van der Waals surface area contributed by atoms with Crippen molar-refractivity contribution < 1.29 is 9.72 Å². The first-order valence-corrected chi connectivity index (χ1v) is 5.51. The number of carbonyl (C=O) groups excluding carboxylic acids is 1. The highest BCUT2D eigenvalue weighted by Crippen LogP contribution is 2.18. The molecule has 0 bridgehead atoms. The van der Waals surface area contributed by atoms with Gasteiger partial charge in [-0.25, -0.2) is 0 Å². The van der Waals surface area contributed by atoms with Crippen LogP contribution in [0.5, 0.6) is 0 Å². The van der Waals surface area contributed by atoms with E-state index in [9.17, 15) is 14.9 Å². The molecule has 0 radical (unpaired) electrons. The summed E-state index contributed by atoms with van der Waals surface area (Å²) in [6, 6.07) is 1.38. The number of pyridine rings is 1. The smallest absolute Gasteiger partial charge is 0.275 e. The molecule has 1 heterocycles. The van der Waals surface area contributed by atoms with Crippen LogP contribution < -0.4 is 0 Å². The van der Waals surface area contributed by atoms with Gasteiger partial charge in [-0.05, 0) is 12.8 Å². The molecule has 0 amide bonds. The van der Waals surface area contributed by atoms with Gasteiger partial charge in [0.25, 0.3) is 5.69 Å². The number of hydrogen-bond donors (Lipinski definition) is 0. The molecule has 0 aliphatic rings. The lowest BCUT2D eigenvalue weighted by atomic mass is 10.0. The van der Waals surface area contributed by atoms with Gasteiger partial charge in [-0.15, -0.1) is 0 Å². The van der Waals surface area contributed by atoms with Gasteiger partial charge in [0.15, 0.2) is 0 Å². The number of aryl methyl sites for hydroxylation is 1. The Morgan fingerprint density at radius 1 is 1.53 bits per heavy atom. The molecule has 17 heavy (non-hydrogen) atoms. The normalized spacial score (nSPS) is 10.6. The topological polar surface area (TPSA) is 73.1 Å². The number of nitro groups is 1. The third-order valence-electron chi connectivity index (χ3n) is 2.34. The number of nitrogens with zero attached hydrogens (tertiary/aromatic N) is 2. The van der Waals surface area contributed by atoms with Gasteiger partial charge in [0.2, 0.25) is 0 Å². The van der Waals surface area contributed by atoms with Crippen molar-refractivity contribution in [1.29, 1.82) is 0 Å². The number of ketones is 1. The quantitative estimate of drug-likeness (QED) is 0.581. The highest BCUT2D eigenvalue weighted by Gasteiger charge is 2.14. The second-order valence-corrected chi connectivity index (χ2v) is 4.53. The first-order valence-electron chi connectivity index (χ1n) is 5.51. The summed E-state index contributed by atoms with van der Waals surface area (Å²) in [5.41, 5.74) is 0.996. The molecule has 1 aromatic heterocycles. The van der Waals surface area contributed by atoms with Crippen LogP contribution in [-0.2, 0) is 11.2 Å². The molecular weight excluding hydrogens is 220 g/mol. The lowest BCUT2D eigenvalue weighted by Crippen LogP contribution is -2.08. The molecule has 0 N–H and O–H groups in total. The van der Waals surface area contributed by atoms with Gasteiger partial charge < -0.3 is 0 Å². The Kier molecular flexibility index (Phi) is 4.31. The number of aromatic nitrogens is 1. The number of rotatable bonds is 5. The predicted molar refractivity (Wildman–Crippen MR) is 63.8 cm³/mol.